The van der Waals surface area contributed by atoms with E-state index in [0.29, 0.717) is 5.92 Å². The van der Waals surface area contributed by atoms with Crippen LogP contribution in [0.5, 0.6) is 5.75 Å². The van der Waals surface area contributed by atoms with Crippen molar-refractivity contribution in [1.82, 2.24) is 0 Å². The molecule has 2 rings (SSSR count). The van der Waals surface area contributed by atoms with Gasteiger partial charge < -0.3 is 14.8 Å². The van der Waals surface area contributed by atoms with E-state index in [9.17, 15) is 4.79 Å². The Kier molecular flexibility index (Phi) is 4.76. The first kappa shape index (κ1) is 15.7. The summed E-state index contributed by atoms with van der Waals surface area (Å²) in [5, 5.41) is 3.44. The Bertz CT molecular complexity index is 503. The summed E-state index contributed by atoms with van der Waals surface area (Å²) in [6.45, 7) is 4.36. The van der Waals surface area contributed by atoms with Crippen LogP contribution in [-0.2, 0) is 9.53 Å². The zero-order valence-electron chi connectivity index (χ0n) is 13.3. The molecule has 0 spiro atoms. The molecule has 1 saturated carbocycles. The van der Waals surface area contributed by atoms with E-state index in [2.05, 4.69) is 19.2 Å². The summed E-state index contributed by atoms with van der Waals surface area (Å²) in [4.78, 5) is 12.5. The molecule has 0 bridgehead atoms. The number of carbonyl (C=O) groups excluding carboxylic acids is 1. The Labute approximate surface area is 126 Å². The van der Waals surface area contributed by atoms with Gasteiger partial charge in [0, 0.05) is 0 Å². The highest BCUT2D eigenvalue weighted by molar-refractivity contribution is 5.85. The summed E-state index contributed by atoms with van der Waals surface area (Å²) < 4.78 is 10.5. The van der Waals surface area contributed by atoms with Gasteiger partial charge in [0.1, 0.15) is 11.3 Å². The lowest BCUT2D eigenvalue weighted by atomic mass is 9.69. The van der Waals surface area contributed by atoms with Crippen molar-refractivity contribution in [3.63, 3.8) is 0 Å². The van der Waals surface area contributed by atoms with Crippen molar-refractivity contribution in [1.29, 1.82) is 0 Å². The lowest BCUT2D eigenvalue weighted by Crippen LogP contribution is -2.55. The minimum atomic E-state index is -0.671. The lowest BCUT2D eigenvalue weighted by Gasteiger charge is -2.43. The van der Waals surface area contributed by atoms with Crippen LogP contribution < -0.4 is 10.1 Å². The second-order valence-electron chi connectivity index (χ2n) is 6.07. The van der Waals surface area contributed by atoms with Crippen molar-refractivity contribution in [2.75, 3.05) is 19.5 Å². The molecule has 3 unspecified atom stereocenters. The molecule has 3 atom stereocenters. The minimum Gasteiger partial charge on any atom is -0.495 e. The predicted molar refractivity (Wildman–Crippen MR) is 83.5 cm³/mol. The first-order valence-electron chi connectivity index (χ1n) is 7.53. The van der Waals surface area contributed by atoms with E-state index in [4.69, 9.17) is 9.47 Å². The van der Waals surface area contributed by atoms with Crippen LogP contribution >= 0.6 is 0 Å². The molecule has 4 heteroatoms. The van der Waals surface area contributed by atoms with Gasteiger partial charge in [-0.2, -0.15) is 0 Å². The maximum Gasteiger partial charge on any atom is 0.331 e. The second-order valence-corrected chi connectivity index (χ2v) is 6.07. The van der Waals surface area contributed by atoms with Gasteiger partial charge in [-0.25, -0.2) is 4.79 Å². The smallest absolute Gasteiger partial charge is 0.331 e. The molecule has 0 aliphatic heterocycles. The number of benzene rings is 1. The van der Waals surface area contributed by atoms with E-state index in [0.717, 1.165) is 30.7 Å². The number of para-hydroxylation sites is 2. The molecular weight excluding hydrogens is 266 g/mol. The van der Waals surface area contributed by atoms with Crippen LogP contribution in [0.25, 0.3) is 0 Å². The maximum atomic E-state index is 12.5. The van der Waals surface area contributed by atoms with Crippen molar-refractivity contribution < 1.29 is 14.3 Å². The van der Waals surface area contributed by atoms with Crippen LogP contribution in [0, 0.1) is 11.8 Å². The number of hydrogen-bond donors (Lipinski definition) is 1. The van der Waals surface area contributed by atoms with E-state index >= 15 is 0 Å². The quantitative estimate of drug-likeness (QED) is 0.863. The Hall–Kier alpha value is -1.71. The van der Waals surface area contributed by atoms with Gasteiger partial charge in [-0.05, 0) is 43.2 Å². The average molecular weight is 291 g/mol. The molecule has 1 aliphatic rings. The fourth-order valence-corrected chi connectivity index (χ4v) is 3.35. The van der Waals surface area contributed by atoms with Gasteiger partial charge in [0.25, 0.3) is 0 Å². The molecule has 0 saturated heterocycles. The molecule has 1 N–H and O–H groups in total. The van der Waals surface area contributed by atoms with Crippen molar-refractivity contribution >= 4 is 11.7 Å². The van der Waals surface area contributed by atoms with Crippen molar-refractivity contribution in [2.24, 2.45) is 11.8 Å². The highest BCUT2D eigenvalue weighted by atomic mass is 16.5. The Morgan fingerprint density at radius 2 is 2.00 bits per heavy atom. The number of esters is 1. The Morgan fingerprint density at radius 3 is 2.62 bits per heavy atom. The minimum absolute atomic E-state index is 0.187. The van der Waals surface area contributed by atoms with E-state index in [1.54, 1.807) is 7.11 Å². The van der Waals surface area contributed by atoms with Crippen LogP contribution in [0.15, 0.2) is 24.3 Å². The highest BCUT2D eigenvalue weighted by Crippen LogP contribution is 2.41. The molecule has 0 amide bonds. The number of nitrogens with one attached hydrogen (secondary N) is 1. The Balaban J connectivity index is 2.35. The molecule has 1 aliphatic carbocycles. The molecule has 116 valence electrons. The van der Waals surface area contributed by atoms with Gasteiger partial charge >= 0.3 is 5.97 Å². The summed E-state index contributed by atoms with van der Waals surface area (Å²) in [7, 11) is 3.09. The molecule has 1 fully saturated rings. The third kappa shape index (κ3) is 2.99. The van der Waals surface area contributed by atoms with Gasteiger partial charge in [-0.3, -0.25) is 0 Å². The predicted octanol–water partition coefficient (Wildman–Crippen LogP) is 3.48. The molecule has 0 radical (unpaired) electrons. The summed E-state index contributed by atoms with van der Waals surface area (Å²) in [5.41, 5.74) is 0.169. The topological polar surface area (TPSA) is 47.6 Å². The normalized spacial score (nSPS) is 28.8. The summed E-state index contributed by atoms with van der Waals surface area (Å²) in [6, 6.07) is 7.69. The number of carbonyl (C=O) groups is 1. The van der Waals surface area contributed by atoms with E-state index in [-0.39, 0.29) is 11.9 Å². The zero-order chi connectivity index (χ0) is 15.5. The van der Waals surface area contributed by atoms with Crippen LogP contribution in [0.1, 0.15) is 33.1 Å². The van der Waals surface area contributed by atoms with E-state index in [1.807, 2.05) is 24.3 Å². The molecule has 1 aromatic rings. The molecule has 0 heterocycles. The molecule has 0 aromatic heterocycles. The molecular formula is C17H25NO3. The third-order valence-corrected chi connectivity index (χ3v) is 4.64. The summed E-state index contributed by atoms with van der Waals surface area (Å²) in [5.74, 6) is 1.40. The van der Waals surface area contributed by atoms with Crippen LogP contribution in [-0.4, -0.2) is 25.7 Å². The highest BCUT2D eigenvalue weighted by Gasteiger charge is 2.47. The van der Waals surface area contributed by atoms with Gasteiger partial charge in [-0.15, -0.1) is 0 Å². The standard InChI is InChI=1S/C17H25NO3/c1-12-9-10-17(13(2)11-12,16(19)21-4)18-14-7-5-6-8-15(14)20-3/h5-8,12-13,18H,9-11H2,1-4H3. The van der Waals surface area contributed by atoms with E-state index < -0.39 is 5.54 Å². The second kappa shape index (κ2) is 6.37. The average Bonchev–Trinajstić information content (AvgIpc) is 2.50. The van der Waals surface area contributed by atoms with Crippen LogP contribution in [0.3, 0.4) is 0 Å². The maximum absolute atomic E-state index is 12.5. The van der Waals surface area contributed by atoms with Crippen molar-refractivity contribution in [3.05, 3.63) is 24.3 Å². The summed E-state index contributed by atoms with van der Waals surface area (Å²) >= 11 is 0. The monoisotopic (exact) mass is 291 g/mol. The fourth-order valence-electron chi connectivity index (χ4n) is 3.35. The zero-order valence-corrected chi connectivity index (χ0v) is 13.3. The molecule has 21 heavy (non-hydrogen) atoms. The van der Waals surface area contributed by atoms with Crippen molar-refractivity contribution in [3.8, 4) is 5.75 Å². The number of anilines is 1. The van der Waals surface area contributed by atoms with Gasteiger partial charge in [0.05, 0.1) is 19.9 Å². The first-order chi connectivity index (χ1) is 10.0. The first-order valence-corrected chi connectivity index (χ1v) is 7.53. The number of ether oxygens (including phenoxy) is 2. The van der Waals surface area contributed by atoms with Crippen LogP contribution in [0.4, 0.5) is 5.69 Å². The van der Waals surface area contributed by atoms with Crippen LogP contribution in [0.2, 0.25) is 0 Å². The Morgan fingerprint density at radius 1 is 1.29 bits per heavy atom. The van der Waals surface area contributed by atoms with Gasteiger partial charge in [0.2, 0.25) is 0 Å². The molecule has 4 nitrogen and oxygen atoms in total. The van der Waals surface area contributed by atoms with Gasteiger partial charge in [0.15, 0.2) is 0 Å². The van der Waals surface area contributed by atoms with Crippen molar-refractivity contribution in [2.45, 2.75) is 38.6 Å². The largest absolute Gasteiger partial charge is 0.495 e. The van der Waals surface area contributed by atoms with Gasteiger partial charge in [-0.1, -0.05) is 26.0 Å². The number of hydrogen-bond acceptors (Lipinski definition) is 4. The lowest BCUT2D eigenvalue weighted by molar-refractivity contribution is -0.149. The third-order valence-electron chi connectivity index (χ3n) is 4.64. The van der Waals surface area contributed by atoms with E-state index in [1.165, 1.54) is 7.11 Å². The summed E-state index contributed by atoms with van der Waals surface area (Å²) in [6.07, 6.45) is 2.80. The number of methoxy groups -OCH3 is 2. The fraction of sp³-hybridized carbons (Fsp3) is 0.588. The molecule has 1 aromatic carbocycles. The SMILES string of the molecule is COC(=O)C1(Nc2ccccc2OC)CCC(C)CC1C. The number of rotatable bonds is 4.